The molecule has 1 saturated heterocycles. The number of hydrogen-bond acceptors (Lipinski definition) is 7. The minimum Gasteiger partial charge on any atom is -0.476 e. The molecule has 2 N–H and O–H groups in total. The van der Waals surface area contributed by atoms with E-state index in [1.807, 2.05) is 50.3 Å². The molecule has 0 spiro atoms. The number of aliphatic hydroxyl groups is 1. The molecule has 0 unspecified atom stereocenters. The summed E-state index contributed by atoms with van der Waals surface area (Å²) < 4.78 is 5.82. The predicted octanol–water partition coefficient (Wildman–Crippen LogP) is 3.65. The summed E-state index contributed by atoms with van der Waals surface area (Å²) in [7, 11) is 0. The maximum Gasteiger partial charge on any atom is 0.410 e. The molecule has 7 nitrogen and oxygen atoms in total. The molecule has 0 bridgehead atoms. The van der Waals surface area contributed by atoms with Crippen molar-refractivity contribution in [1.82, 2.24) is 9.88 Å². The van der Waals surface area contributed by atoms with Gasteiger partial charge in [-0.25, -0.2) is 14.6 Å². The van der Waals surface area contributed by atoms with E-state index in [4.69, 9.17) is 9.84 Å². The SMILES string of the molecule is CC(C)(c1ccccc1)[C@H](O)/C=C/[C@H]1COC(=O)N1CCSc1nc(C(=O)O)cs1. The maximum absolute atomic E-state index is 12.1. The van der Waals surface area contributed by atoms with Crippen LogP contribution in [0.15, 0.2) is 52.2 Å². The fourth-order valence-electron chi connectivity index (χ4n) is 3.05. The van der Waals surface area contributed by atoms with Crippen LogP contribution in [0.2, 0.25) is 0 Å². The molecule has 3 rings (SSSR count). The molecule has 1 aliphatic heterocycles. The van der Waals surface area contributed by atoms with Crippen molar-refractivity contribution in [3.8, 4) is 0 Å². The van der Waals surface area contributed by atoms with E-state index in [1.165, 1.54) is 28.5 Å². The quantitative estimate of drug-likeness (QED) is 0.446. The van der Waals surface area contributed by atoms with E-state index in [9.17, 15) is 14.7 Å². The van der Waals surface area contributed by atoms with Crippen LogP contribution < -0.4 is 0 Å². The number of hydrogen-bond donors (Lipinski definition) is 2. The van der Waals surface area contributed by atoms with E-state index in [1.54, 1.807) is 11.0 Å². The Morgan fingerprint density at radius 3 is 2.83 bits per heavy atom. The lowest BCUT2D eigenvalue weighted by Gasteiger charge is -2.29. The van der Waals surface area contributed by atoms with Gasteiger partial charge in [0.05, 0.1) is 12.1 Å². The Morgan fingerprint density at radius 1 is 1.43 bits per heavy atom. The van der Waals surface area contributed by atoms with E-state index >= 15 is 0 Å². The standard InChI is InChI=1S/C21H24N2O5S2/c1-21(2,14-6-4-3-5-7-14)17(24)9-8-15-12-28-20(27)23(15)10-11-29-19-22-16(13-30-19)18(25)26/h3-9,13,15,17,24H,10-12H2,1-2H3,(H,25,26)/b9-8+/t15-,17+/m0/s1. The van der Waals surface area contributed by atoms with Gasteiger partial charge in [-0.15, -0.1) is 11.3 Å². The number of benzene rings is 1. The van der Waals surface area contributed by atoms with Crippen LogP contribution in [0.25, 0.3) is 0 Å². The molecule has 0 radical (unpaired) electrons. The van der Waals surface area contributed by atoms with Crippen molar-refractivity contribution in [3.05, 3.63) is 59.1 Å². The van der Waals surface area contributed by atoms with E-state index in [2.05, 4.69) is 4.98 Å². The molecule has 0 saturated carbocycles. The van der Waals surface area contributed by atoms with Gasteiger partial charge in [0.2, 0.25) is 0 Å². The Hall–Kier alpha value is -2.36. The lowest BCUT2D eigenvalue weighted by Crippen LogP contribution is -2.35. The molecule has 2 aromatic rings. The zero-order chi connectivity index (χ0) is 21.7. The number of carbonyl (C=O) groups is 2. The highest BCUT2D eigenvalue weighted by Gasteiger charge is 2.32. The largest absolute Gasteiger partial charge is 0.476 e. The molecule has 2 atom stereocenters. The fourth-order valence-corrected chi connectivity index (χ4v) is 4.86. The van der Waals surface area contributed by atoms with Crippen LogP contribution in [0.3, 0.4) is 0 Å². The van der Waals surface area contributed by atoms with Crippen molar-refractivity contribution in [3.63, 3.8) is 0 Å². The summed E-state index contributed by atoms with van der Waals surface area (Å²) >= 11 is 2.66. The highest BCUT2D eigenvalue weighted by Crippen LogP contribution is 2.28. The molecule has 2 heterocycles. The number of aliphatic hydroxyl groups excluding tert-OH is 1. The van der Waals surface area contributed by atoms with Crippen LogP contribution in [0.5, 0.6) is 0 Å². The van der Waals surface area contributed by atoms with Crippen molar-refractivity contribution in [1.29, 1.82) is 0 Å². The molecule has 160 valence electrons. The van der Waals surface area contributed by atoms with Crippen LogP contribution in [-0.4, -0.2) is 63.2 Å². The maximum atomic E-state index is 12.1. The van der Waals surface area contributed by atoms with Crippen molar-refractivity contribution < 1.29 is 24.5 Å². The van der Waals surface area contributed by atoms with E-state index in [0.29, 0.717) is 16.6 Å². The molecular formula is C21H24N2O5S2. The monoisotopic (exact) mass is 448 g/mol. The summed E-state index contributed by atoms with van der Waals surface area (Å²) in [6.07, 6.45) is 2.42. The zero-order valence-corrected chi connectivity index (χ0v) is 18.4. The molecule has 1 aromatic heterocycles. The minimum atomic E-state index is -1.05. The van der Waals surface area contributed by atoms with Crippen molar-refractivity contribution in [2.45, 2.75) is 35.7 Å². The number of amides is 1. The molecule has 1 aromatic carbocycles. The average molecular weight is 449 g/mol. The van der Waals surface area contributed by atoms with Gasteiger partial charge >= 0.3 is 12.1 Å². The van der Waals surface area contributed by atoms with Gasteiger partial charge in [-0.3, -0.25) is 4.90 Å². The summed E-state index contributed by atoms with van der Waals surface area (Å²) in [4.78, 5) is 28.6. The van der Waals surface area contributed by atoms with E-state index in [0.717, 1.165) is 5.56 Å². The number of carboxylic acid groups (broad SMARTS) is 1. The second kappa shape index (κ2) is 9.63. The van der Waals surface area contributed by atoms with Gasteiger partial charge < -0.3 is 14.9 Å². The minimum absolute atomic E-state index is 0.0268. The third kappa shape index (κ3) is 5.21. The second-order valence-corrected chi connectivity index (χ2v) is 9.61. The van der Waals surface area contributed by atoms with Gasteiger partial charge in [-0.2, -0.15) is 0 Å². The van der Waals surface area contributed by atoms with Crippen LogP contribution in [0.1, 0.15) is 29.9 Å². The van der Waals surface area contributed by atoms with Crippen LogP contribution in [0.4, 0.5) is 4.79 Å². The lowest BCUT2D eigenvalue weighted by molar-refractivity contribution is 0.0690. The average Bonchev–Trinajstić information content (AvgIpc) is 3.34. The first-order valence-corrected chi connectivity index (χ1v) is 11.3. The third-order valence-corrected chi connectivity index (χ3v) is 7.05. The first-order valence-electron chi connectivity index (χ1n) is 9.46. The van der Waals surface area contributed by atoms with Crippen LogP contribution >= 0.6 is 23.1 Å². The smallest absolute Gasteiger partial charge is 0.410 e. The number of rotatable bonds is 9. The molecule has 9 heteroatoms. The summed E-state index contributed by atoms with van der Waals surface area (Å²) in [5.74, 6) is -0.493. The fraction of sp³-hybridized carbons (Fsp3) is 0.381. The highest BCUT2D eigenvalue weighted by atomic mass is 32.2. The number of ether oxygens (including phenoxy) is 1. The summed E-state index contributed by atoms with van der Waals surface area (Å²) in [6.45, 7) is 4.61. The van der Waals surface area contributed by atoms with Gasteiger partial charge in [0.25, 0.3) is 0 Å². The van der Waals surface area contributed by atoms with Crippen molar-refractivity contribution >= 4 is 35.2 Å². The molecular weight excluding hydrogens is 424 g/mol. The van der Waals surface area contributed by atoms with Gasteiger partial charge in [-0.05, 0) is 5.56 Å². The number of carboxylic acids is 1. The summed E-state index contributed by atoms with van der Waals surface area (Å²) in [5, 5.41) is 21.2. The lowest BCUT2D eigenvalue weighted by atomic mass is 9.79. The van der Waals surface area contributed by atoms with Crippen LogP contribution in [0, 0.1) is 0 Å². The molecule has 0 aliphatic carbocycles. The Labute approximate surface area is 183 Å². The van der Waals surface area contributed by atoms with E-state index in [-0.39, 0.29) is 18.3 Å². The van der Waals surface area contributed by atoms with E-state index < -0.39 is 23.6 Å². The Bertz CT molecular complexity index is 913. The van der Waals surface area contributed by atoms with Crippen LogP contribution in [-0.2, 0) is 10.2 Å². The van der Waals surface area contributed by atoms with Gasteiger partial charge in [0, 0.05) is 23.1 Å². The Balaban J connectivity index is 1.58. The number of carbonyl (C=O) groups excluding carboxylic acids is 1. The number of cyclic esters (lactones) is 1. The number of thiazole rings is 1. The predicted molar refractivity (Wildman–Crippen MR) is 116 cm³/mol. The zero-order valence-electron chi connectivity index (χ0n) is 16.7. The van der Waals surface area contributed by atoms with Gasteiger partial charge in [0.15, 0.2) is 10.0 Å². The summed E-state index contributed by atoms with van der Waals surface area (Å²) in [6, 6.07) is 9.53. The first kappa shape index (κ1) is 22.3. The molecule has 1 fully saturated rings. The molecule has 1 aliphatic rings. The van der Waals surface area contributed by atoms with Gasteiger partial charge in [0.1, 0.15) is 6.61 Å². The van der Waals surface area contributed by atoms with Gasteiger partial charge in [-0.1, -0.05) is 68.1 Å². The molecule has 1 amide bonds. The normalized spacial score (nSPS) is 18.0. The number of aromatic nitrogens is 1. The van der Waals surface area contributed by atoms with Crippen molar-refractivity contribution in [2.75, 3.05) is 18.9 Å². The van der Waals surface area contributed by atoms with Crippen molar-refractivity contribution in [2.24, 2.45) is 0 Å². The highest BCUT2D eigenvalue weighted by molar-refractivity contribution is 8.01. The first-order chi connectivity index (χ1) is 14.3. The topological polar surface area (TPSA) is 100.0 Å². The number of thioether (sulfide) groups is 1. The number of nitrogens with zero attached hydrogens (tertiary/aromatic N) is 2. The number of aromatic carboxylic acids is 1. The summed E-state index contributed by atoms with van der Waals surface area (Å²) in [5.41, 5.74) is 0.575. The Kier molecular flexibility index (Phi) is 7.17. The third-order valence-electron chi connectivity index (χ3n) is 5.05. The second-order valence-electron chi connectivity index (χ2n) is 7.41. The molecule has 30 heavy (non-hydrogen) atoms. The Morgan fingerprint density at radius 2 is 2.17 bits per heavy atom.